The first kappa shape index (κ1) is 17.7. The van der Waals surface area contributed by atoms with Crippen LogP contribution in [0.25, 0.3) is 6.08 Å². The van der Waals surface area contributed by atoms with Crippen molar-refractivity contribution in [2.24, 2.45) is 0 Å². The predicted molar refractivity (Wildman–Crippen MR) is 96.3 cm³/mol. The molecule has 0 radical (unpaired) electrons. The molecule has 1 heterocycles. The molecule has 0 atom stereocenters. The molecule has 0 saturated carbocycles. The third-order valence-corrected chi connectivity index (χ3v) is 4.41. The van der Waals surface area contributed by atoms with Crippen LogP contribution in [-0.2, 0) is 4.79 Å². The van der Waals surface area contributed by atoms with Gasteiger partial charge in [-0.05, 0) is 19.4 Å². The maximum atomic E-state index is 12.1. The Morgan fingerprint density at radius 1 is 1.04 bits per heavy atom. The summed E-state index contributed by atoms with van der Waals surface area (Å²) in [6, 6.07) is 10.4. The van der Waals surface area contributed by atoms with E-state index < -0.39 is 0 Å². The lowest BCUT2D eigenvalue weighted by Gasteiger charge is -2.34. The molecule has 0 aliphatic carbocycles. The van der Waals surface area contributed by atoms with E-state index in [0.717, 1.165) is 45.8 Å². The highest BCUT2D eigenvalue weighted by Crippen LogP contribution is 2.05. The zero-order chi connectivity index (χ0) is 16.5. The Bertz CT molecular complexity index is 489. The molecule has 0 bridgehead atoms. The second-order valence-corrected chi connectivity index (χ2v) is 5.96. The summed E-state index contributed by atoms with van der Waals surface area (Å²) in [6.45, 7) is 11.3. The van der Waals surface area contributed by atoms with E-state index in [1.807, 2.05) is 24.8 Å². The zero-order valence-corrected chi connectivity index (χ0v) is 14.4. The monoisotopic (exact) mass is 315 g/mol. The quantitative estimate of drug-likeness (QED) is 0.772. The molecule has 1 aromatic rings. The van der Waals surface area contributed by atoms with Gasteiger partial charge in [0.2, 0.25) is 5.91 Å². The van der Waals surface area contributed by atoms with Gasteiger partial charge in [0.1, 0.15) is 0 Å². The molecule has 4 heteroatoms. The van der Waals surface area contributed by atoms with Gasteiger partial charge in [0.15, 0.2) is 0 Å². The molecule has 1 fully saturated rings. The van der Waals surface area contributed by atoms with Crippen molar-refractivity contribution in [3.63, 3.8) is 0 Å². The Morgan fingerprint density at radius 2 is 1.65 bits per heavy atom. The maximum absolute atomic E-state index is 12.1. The van der Waals surface area contributed by atoms with Crippen LogP contribution >= 0.6 is 0 Å². The molecular formula is C19H29N3O. The van der Waals surface area contributed by atoms with Crippen LogP contribution in [0.3, 0.4) is 0 Å². The van der Waals surface area contributed by atoms with Crippen LogP contribution in [0.1, 0.15) is 19.4 Å². The fraction of sp³-hybridized carbons (Fsp3) is 0.526. The highest BCUT2D eigenvalue weighted by Gasteiger charge is 2.19. The Hall–Kier alpha value is -1.65. The second-order valence-electron chi connectivity index (χ2n) is 5.96. The molecule has 23 heavy (non-hydrogen) atoms. The van der Waals surface area contributed by atoms with Crippen molar-refractivity contribution in [3.05, 3.63) is 42.0 Å². The standard InChI is InChI=1S/C19H29N3O/c1-3-22(4-2)19(23)17-21-15-13-20(14-16-21)12-8-11-18-9-6-5-7-10-18/h5-11H,3-4,12-17H2,1-2H3/b11-8+. The summed E-state index contributed by atoms with van der Waals surface area (Å²) in [5, 5.41) is 0. The molecule has 1 aliphatic rings. The van der Waals surface area contributed by atoms with Gasteiger partial charge in [-0.15, -0.1) is 0 Å². The summed E-state index contributed by atoms with van der Waals surface area (Å²) in [7, 11) is 0. The number of hydrogen-bond donors (Lipinski definition) is 0. The van der Waals surface area contributed by atoms with Gasteiger partial charge in [-0.3, -0.25) is 14.6 Å². The van der Waals surface area contributed by atoms with Gasteiger partial charge >= 0.3 is 0 Å². The smallest absolute Gasteiger partial charge is 0.236 e. The van der Waals surface area contributed by atoms with Crippen molar-refractivity contribution in [2.45, 2.75) is 13.8 Å². The van der Waals surface area contributed by atoms with Gasteiger partial charge in [0.25, 0.3) is 0 Å². The van der Waals surface area contributed by atoms with Gasteiger partial charge in [-0.2, -0.15) is 0 Å². The van der Waals surface area contributed by atoms with Gasteiger partial charge in [-0.25, -0.2) is 0 Å². The molecule has 1 aliphatic heterocycles. The summed E-state index contributed by atoms with van der Waals surface area (Å²) in [5.41, 5.74) is 1.25. The Balaban J connectivity index is 1.70. The first-order valence-electron chi connectivity index (χ1n) is 8.67. The van der Waals surface area contributed by atoms with E-state index in [9.17, 15) is 4.79 Å². The minimum Gasteiger partial charge on any atom is -0.342 e. The lowest BCUT2D eigenvalue weighted by molar-refractivity contribution is -0.132. The molecule has 1 aromatic carbocycles. The fourth-order valence-electron chi connectivity index (χ4n) is 2.90. The molecule has 4 nitrogen and oxygen atoms in total. The normalized spacial score (nSPS) is 16.8. The third kappa shape index (κ3) is 5.81. The lowest BCUT2D eigenvalue weighted by Crippen LogP contribution is -2.50. The number of hydrogen-bond acceptors (Lipinski definition) is 3. The molecule has 0 spiro atoms. The van der Waals surface area contributed by atoms with Crippen LogP contribution in [0.5, 0.6) is 0 Å². The van der Waals surface area contributed by atoms with E-state index >= 15 is 0 Å². The predicted octanol–water partition coefficient (Wildman–Crippen LogP) is 2.19. The average molecular weight is 315 g/mol. The third-order valence-electron chi connectivity index (χ3n) is 4.41. The number of benzene rings is 1. The zero-order valence-electron chi connectivity index (χ0n) is 14.4. The molecule has 0 aromatic heterocycles. The first-order valence-corrected chi connectivity index (χ1v) is 8.67. The summed E-state index contributed by atoms with van der Waals surface area (Å²) < 4.78 is 0. The first-order chi connectivity index (χ1) is 11.2. The molecule has 0 N–H and O–H groups in total. The van der Waals surface area contributed by atoms with Crippen molar-refractivity contribution in [1.82, 2.24) is 14.7 Å². The molecule has 2 rings (SSSR count). The van der Waals surface area contributed by atoms with Gasteiger partial charge in [0.05, 0.1) is 6.54 Å². The highest BCUT2D eigenvalue weighted by molar-refractivity contribution is 5.78. The number of carbonyl (C=O) groups is 1. The largest absolute Gasteiger partial charge is 0.342 e. The Morgan fingerprint density at radius 3 is 2.26 bits per heavy atom. The van der Waals surface area contributed by atoms with Crippen molar-refractivity contribution >= 4 is 12.0 Å². The number of rotatable bonds is 7. The topological polar surface area (TPSA) is 26.8 Å². The van der Waals surface area contributed by atoms with Crippen LogP contribution in [0.15, 0.2) is 36.4 Å². The molecule has 126 valence electrons. The van der Waals surface area contributed by atoms with Crippen LogP contribution in [-0.4, -0.2) is 73.0 Å². The van der Waals surface area contributed by atoms with Crippen LogP contribution in [0, 0.1) is 0 Å². The van der Waals surface area contributed by atoms with Crippen molar-refractivity contribution in [3.8, 4) is 0 Å². The summed E-state index contributed by atoms with van der Waals surface area (Å²) in [6.07, 6.45) is 4.41. The minimum absolute atomic E-state index is 0.257. The lowest BCUT2D eigenvalue weighted by atomic mass is 10.2. The van der Waals surface area contributed by atoms with E-state index in [2.05, 4.69) is 46.2 Å². The van der Waals surface area contributed by atoms with Crippen LogP contribution in [0.2, 0.25) is 0 Å². The molecule has 0 unspecified atom stereocenters. The number of carbonyl (C=O) groups excluding carboxylic acids is 1. The van der Waals surface area contributed by atoms with Crippen molar-refractivity contribution in [1.29, 1.82) is 0 Å². The van der Waals surface area contributed by atoms with E-state index in [4.69, 9.17) is 0 Å². The van der Waals surface area contributed by atoms with E-state index in [1.54, 1.807) is 0 Å². The van der Waals surface area contributed by atoms with Gasteiger partial charge in [0, 0.05) is 45.8 Å². The number of likely N-dealkylation sites (N-methyl/N-ethyl adjacent to an activating group) is 1. The van der Waals surface area contributed by atoms with Gasteiger partial charge < -0.3 is 4.90 Å². The maximum Gasteiger partial charge on any atom is 0.236 e. The number of piperazine rings is 1. The van der Waals surface area contributed by atoms with E-state index in [1.165, 1.54) is 5.56 Å². The minimum atomic E-state index is 0.257. The Kier molecular flexibility index (Phi) is 7.30. The van der Waals surface area contributed by atoms with Gasteiger partial charge in [-0.1, -0.05) is 42.5 Å². The molecule has 1 saturated heterocycles. The van der Waals surface area contributed by atoms with Crippen molar-refractivity contribution in [2.75, 3.05) is 52.4 Å². The van der Waals surface area contributed by atoms with E-state index in [0.29, 0.717) is 6.54 Å². The fourth-order valence-corrected chi connectivity index (χ4v) is 2.90. The second kappa shape index (κ2) is 9.48. The molecule has 1 amide bonds. The highest BCUT2D eigenvalue weighted by atomic mass is 16.2. The molecular weight excluding hydrogens is 286 g/mol. The average Bonchev–Trinajstić information content (AvgIpc) is 2.58. The number of amides is 1. The van der Waals surface area contributed by atoms with Crippen LogP contribution in [0.4, 0.5) is 0 Å². The number of nitrogens with zero attached hydrogens (tertiary/aromatic N) is 3. The summed E-state index contributed by atoms with van der Waals surface area (Å²) in [4.78, 5) is 18.8. The summed E-state index contributed by atoms with van der Waals surface area (Å²) >= 11 is 0. The van der Waals surface area contributed by atoms with Crippen LogP contribution < -0.4 is 0 Å². The Labute approximate surface area is 140 Å². The summed E-state index contributed by atoms with van der Waals surface area (Å²) in [5.74, 6) is 0.257. The van der Waals surface area contributed by atoms with Crippen molar-refractivity contribution < 1.29 is 4.79 Å². The van der Waals surface area contributed by atoms with E-state index in [-0.39, 0.29) is 5.91 Å². The SMILES string of the molecule is CCN(CC)C(=O)CN1CCN(C/C=C/c2ccccc2)CC1.